The lowest BCUT2D eigenvalue weighted by Gasteiger charge is -2.15. The van der Waals surface area contributed by atoms with E-state index in [-0.39, 0.29) is 22.6 Å². The van der Waals surface area contributed by atoms with Gasteiger partial charge in [0.25, 0.3) is 0 Å². The molecule has 0 radical (unpaired) electrons. The zero-order chi connectivity index (χ0) is 14.7. The first kappa shape index (κ1) is 15.1. The standard InChI is InChI=1S/C15H14Cl2FNO/c1-9(10-2-4-13(18)5-3-10)19-8-11-6-12(16)7-14(17)15(11)20/h2-7,9,19-20H,8H2,1H3. The summed E-state index contributed by atoms with van der Waals surface area (Å²) in [6, 6.07) is 9.43. The van der Waals surface area contributed by atoms with Gasteiger partial charge in [0.1, 0.15) is 11.6 Å². The molecule has 0 aliphatic carbocycles. The monoisotopic (exact) mass is 313 g/mol. The molecule has 0 fully saturated rings. The average molecular weight is 314 g/mol. The van der Waals surface area contributed by atoms with Gasteiger partial charge in [0.2, 0.25) is 0 Å². The minimum absolute atomic E-state index is 0.00718. The van der Waals surface area contributed by atoms with Crippen molar-refractivity contribution in [2.45, 2.75) is 19.5 Å². The molecule has 2 nitrogen and oxygen atoms in total. The van der Waals surface area contributed by atoms with Crippen molar-refractivity contribution in [1.29, 1.82) is 0 Å². The molecule has 20 heavy (non-hydrogen) atoms. The van der Waals surface area contributed by atoms with Gasteiger partial charge in [-0.3, -0.25) is 0 Å². The van der Waals surface area contributed by atoms with Crippen molar-refractivity contribution in [3.05, 3.63) is 63.4 Å². The van der Waals surface area contributed by atoms with Gasteiger partial charge in [0.05, 0.1) is 5.02 Å². The first-order chi connectivity index (χ1) is 9.47. The van der Waals surface area contributed by atoms with Crippen LogP contribution in [0.15, 0.2) is 36.4 Å². The Kier molecular flexibility index (Phi) is 4.86. The summed E-state index contributed by atoms with van der Waals surface area (Å²) >= 11 is 11.8. The van der Waals surface area contributed by atoms with Crippen molar-refractivity contribution >= 4 is 23.2 Å². The average Bonchev–Trinajstić information content (AvgIpc) is 2.41. The zero-order valence-corrected chi connectivity index (χ0v) is 12.3. The summed E-state index contributed by atoms with van der Waals surface area (Å²) in [6.07, 6.45) is 0. The van der Waals surface area contributed by atoms with Gasteiger partial charge in [-0.15, -0.1) is 0 Å². The van der Waals surface area contributed by atoms with E-state index in [1.807, 2.05) is 6.92 Å². The highest BCUT2D eigenvalue weighted by Crippen LogP contribution is 2.31. The summed E-state index contributed by atoms with van der Waals surface area (Å²) in [4.78, 5) is 0. The Morgan fingerprint density at radius 3 is 2.50 bits per heavy atom. The van der Waals surface area contributed by atoms with Crippen molar-refractivity contribution in [1.82, 2.24) is 5.32 Å². The molecule has 0 bridgehead atoms. The minimum Gasteiger partial charge on any atom is -0.506 e. The summed E-state index contributed by atoms with van der Waals surface area (Å²) in [5.41, 5.74) is 1.58. The van der Waals surface area contributed by atoms with E-state index < -0.39 is 0 Å². The van der Waals surface area contributed by atoms with Crippen molar-refractivity contribution in [2.75, 3.05) is 0 Å². The van der Waals surface area contributed by atoms with Crippen LogP contribution in [0.3, 0.4) is 0 Å². The van der Waals surface area contributed by atoms with Gasteiger partial charge in [-0.25, -0.2) is 4.39 Å². The summed E-state index contributed by atoms with van der Waals surface area (Å²) in [5, 5.41) is 13.8. The van der Waals surface area contributed by atoms with E-state index >= 15 is 0 Å². The van der Waals surface area contributed by atoms with E-state index in [1.54, 1.807) is 18.2 Å². The van der Waals surface area contributed by atoms with Crippen LogP contribution in [-0.4, -0.2) is 5.11 Å². The highest BCUT2D eigenvalue weighted by Gasteiger charge is 2.10. The number of hydrogen-bond acceptors (Lipinski definition) is 2. The van der Waals surface area contributed by atoms with Crippen LogP contribution < -0.4 is 5.32 Å². The van der Waals surface area contributed by atoms with Gasteiger partial charge in [-0.2, -0.15) is 0 Å². The fraction of sp³-hybridized carbons (Fsp3) is 0.200. The lowest BCUT2D eigenvalue weighted by atomic mass is 10.1. The van der Waals surface area contributed by atoms with Crippen molar-refractivity contribution in [2.24, 2.45) is 0 Å². The number of aromatic hydroxyl groups is 1. The first-order valence-corrected chi connectivity index (χ1v) is 6.88. The Bertz CT molecular complexity index is 602. The molecule has 0 amide bonds. The normalized spacial score (nSPS) is 12.4. The Balaban J connectivity index is 2.07. The molecule has 2 aromatic rings. The topological polar surface area (TPSA) is 32.3 Å². The maximum absolute atomic E-state index is 12.9. The Labute approximate surface area is 127 Å². The van der Waals surface area contributed by atoms with Gasteiger partial charge in [-0.1, -0.05) is 35.3 Å². The summed E-state index contributed by atoms with van der Waals surface area (Å²) in [7, 11) is 0. The number of halogens is 3. The number of benzene rings is 2. The molecule has 0 heterocycles. The molecule has 0 aliphatic heterocycles. The number of phenols is 1. The number of rotatable bonds is 4. The third-order valence-electron chi connectivity index (χ3n) is 3.08. The predicted octanol–water partition coefficient (Wildman–Crippen LogP) is 4.69. The van der Waals surface area contributed by atoms with Crippen LogP contribution >= 0.6 is 23.2 Å². The maximum Gasteiger partial charge on any atom is 0.138 e. The molecule has 0 saturated carbocycles. The van der Waals surface area contributed by atoms with E-state index in [1.165, 1.54) is 18.2 Å². The smallest absolute Gasteiger partial charge is 0.138 e. The molecular weight excluding hydrogens is 300 g/mol. The summed E-state index contributed by atoms with van der Waals surface area (Å²) in [6.45, 7) is 2.36. The molecular formula is C15H14Cl2FNO. The maximum atomic E-state index is 12.9. The van der Waals surface area contributed by atoms with Crippen molar-refractivity contribution < 1.29 is 9.50 Å². The second kappa shape index (κ2) is 6.44. The molecule has 0 aromatic heterocycles. The van der Waals surface area contributed by atoms with Crippen LogP contribution in [0.4, 0.5) is 4.39 Å². The summed E-state index contributed by atoms with van der Waals surface area (Å²) < 4.78 is 12.9. The Morgan fingerprint density at radius 1 is 1.20 bits per heavy atom. The SMILES string of the molecule is CC(NCc1cc(Cl)cc(Cl)c1O)c1ccc(F)cc1. The predicted molar refractivity (Wildman–Crippen MR) is 79.8 cm³/mol. The van der Waals surface area contributed by atoms with Gasteiger partial charge in [0, 0.05) is 23.2 Å². The molecule has 2 N–H and O–H groups in total. The second-order valence-electron chi connectivity index (χ2n) is 4.55. The summed E-state index contributed by atoms with van der Waals surface area (Å²) in [5.74, 6) is -0.241. The third kappa shape index (κ3) is 3.63. The third-order valence-corrected chi connectivity index (χ3v) is 3.58. The molecule has 0 aliphatic rings. The van der Waals surface area contributed by atoms with E-state index in [2.05, 4.69) is 5.32 Å². The fourth-order valence-corrected chi connectivity index (χ4v) is 2.42. The van der Waals surface area contributed by atoms with Crippen LogP contribution in [0.2, 0.25) is 10.0 Å². The molecule has 1 unspecified atom stereocenters. The molecule has 5 heteroatoms. The van der Waals surface area contributed by atoms with Crippen LogP contribution in [-0.2, 0) is 6.54 Å². The first-order valence-electron chi connectivity index (χ1n) is 6.13. The minimum atomic E-state index is -0.264. The molecule has 2 aromatic carbocycles. The molecule has 106 valence electrons. The fourth-order valence-electron chi connectivity index (χ4n) is 1.89. The van der Waals surface area contributed by atoms with Crippen LogP contribution in [0.25, 0.3) is 0 Å². The lowest BCUT2D eigenvalue weighted by molar-refractivity contribution is 0.460. The van der Waals surface area contributed by atoms with Crippen LogP contribution in [0.1, 0.15) is 24.1 Å². The van der Waals surface area contributed by atoms with Gasteiger partial charge in [0.15, 0.2) is 0 Å². The molecule has 0 saturated heterocycles. The number of hydrogen-bond donors (Lipinski definition) is 2. The van der Waals surface area contributed by atoms with E-state index in [0.717, 1.165) is 5.56 Å². The van der Waals surface area contributed by atoms with Crippen molar-refractivity contribution in [3.63, 3.8) is 0 Å². The molecule has 1 atom stereocenters. The van der Waals surface area contributed by atoms with E-state index in [4.69, 9.17) is 23.2 Å². The molecule has 0 spiro atoms. The van der Waals surface area contributed by atoms with Gasteiger partial charge >= 0.3 is 0 Å². The van der Waals surface area contributed by atoms with E-state index in [9.17, 15) is 9.50 Å². The zero-order valence-electron chi connectivity index (χ0n) is 10.8. The lowest BCUT2D eigenvalue weighted by Crippen LogP contribution is -2.18. The highest BCUT2D eigenvalue weighted by molar-refractivity contribution is 6.35. The van der Waals surface area contributed by atoms with Crippen LogP contribution in [0, 0.1) is 5.82 Å². The van der Waals surface area contributed by atoms with Gasteiger partial charge in [-0.05, 0) is 36.8 Å². The largest absolute Gasteiger partial charge is 0.506 e. The second-order valence-corrected chi connectivity index (χ2v) is 5.39. The quantitative estimate of drug-likeness (QED) is 0.858. The van der Waals surface area contributed by atoms with Gasteiger partial charge < -0.3 is 10.4 Å². The number of phenolic OH excluding ortho intramolecular Hbond substituents is 1. The Morgan fingerprint density at radius 2 is 1.85 bits per heavy atom. The van der Waals surface area contributed by atoms with E-state index in [0.29, 0.717) is 17.1 Å². The van der Waals surface area contributed by atoms with Crippen LogP contribution in [0.5, 0.6) is 5.75 Å². The Hall–Kier alpha value is -1.29. The number of nitrogens with one attached hydrogen (secondary N) is 1. The highest BCUT2D eigenvalue weighted by atomic mass is 35.5. The van der Waals surface area contributed by atoms with Crippen molar-refractivity contribution in [3.8, 4) is 5.75 Å². The molecule has 2 rings (SSSR count).